The molecule has 0 spiro atoms. The van der Waals surface area contributed by atoms with Gasteiger partial charge in [0.2, 0.25) is 0 Å². The minimum Gasteiger partial charge on any atom is -0.479 e. The van der Waals surface area contributed by atoms with Gasteiger partial charge in [-0.15, -0.1) is 11.3 Å². The maximum Gasteiger partial charge on any atom is 0.266 e. The number of nitrogens with one attached hydrogen (secondary N) is 1. The topological polar surface area (TPSA) is 68.3 Å². The maximum absolute atomic E-state index is 12.1. The first-order valence-electron chi connectivity index (χ1n) is 6.26. The van der Waals surface area contributed by atoms with Crippen LogP contribution in [0, 0.1) is 0 Å². The van der Waals surface area contributed by atoms with Gasteiger partial charge in [-0.25, -0.2) is 4.98 Å². The molecule has 0 bridgehead atoms. The van der Waals surface area contributed by atoms with Crippen LogP contribution in [0.3, 0.4) is 0 Å². The molecule has 1 unspecified atom stereocenters. The van der Waals surface area contributed by atoms with Gasteiger partial charge in [-0.1, -0.05) is 29.3 Å². The predicted octanol–water partition coefficient (Wildman–Crippen LogP) is 4.06. The zero-order valence-electron chi connectivity index (χ0n) is 11.7. The fourth-order valence-electron chi connectivity index (χ4n) is 1.52. The van der Waals surface area contributed by atoms with Crippen LogP contribution in [0.25, 0.3) is 0 Å². The lowest BCUT2D eigenvalue weighted by atomic mass is 10.3. The van der Waals surface area contributed by atoms with E-state index in [1.807, 2.05) is 0 Å². The lowest BCUT2D eigenvalue weighted by Gasteiger charge is -2.15. The largest absolute Gasteiger partial charge is 0.479 e. The fraction of sp³-hybridized carbons (Fsp3) is 0.214. The lowest BCUT2D eigenvalue weighted by molar-refractivity contribution is -0.122. The third kappa shape index (κ3) is 3.97. The number of carbonyl (C=O) groups is 2. The number of rotatable bonds is 5. The molecular formula is C14H12Cl2N2O3S. The zero-order valence-corrected chi connectivity index (χ0v) is 14.1. The summed E-state index contributed by atoms with van der Waals surface area (Å²) in [4.78, 5) is 27.2. The van der Waals surface area contributed by atoms with Crippen LogP contribution < -0.4 is 10.1 Å². The number of thiazole rings is 1. The van der Waals surface area contributed by atoms with Crippen LogP contribution >= 0.6 is 34.5 Å². The van der Waals surface area contributed by atoms with Gasteiger partial charge in [0.15, 0.2) is 17.0 Å². The average molecular weight is 359 g/mol. The number of hydrogen-bond acceptors (Lipinski definition) is 5. The van der Waals surface area contributed by atoms with Crippen molar-refractivity contribution in [3.8, 4) is 5.75 Å². The molecule has 0 aliphatic heterocycles. The number of anilines is 1. The summed E-state index contributed by atoms with van der Waals surface area (Å²) in [7, 11) is 0. The number of carbonyl (C=O) groups excluding carboxylic acids is 2. The van der Waals surface area contributed by atoms with Crippen LogP contribution in [0.5, 0.6) is 5.75 Å². The Morgan fingerprint density at radius 3 is 2.73 bits per heavy atom. The van der Waals surface area contributed by atoms with Crippen LogP contribution in [0.15, 0.2) is 23.6 Å². The molecule has 0 fully saturated rings. The van der Waals surface area contributed by atoms with E-state index in [1.54, 1.807) is 30.5 Å². The molecule has 5 nitrogen and oxygen atoms in total. The Kier molecular flexibility index (Phi) is 5.39. The number of ketones is 1. The highest BCUT2D eigenvalue weighted by Gasteiger charge is 2.18. The molecule has 22 heavy (non-hydrogen) atoms. The van der Waals surface area contributed by atoms with E-state index in [9.17, 15) is 9.59 Å². The number of hydrogen-bond donors (Lipinski definition) is 1. The van der Waals surface area contributed by atoms with Gasteiger partial charge in [-0.3, -0.25) is 14.9 Å². The molecule has 0 saturated heterocycles. The van der Waals surface area contributed by atoms with Crippen molar-refractivity contribution >= 4 is 51.4 Å². The molecule has 1 atom stereocenters. The predicted molar refractivity (Wildman–Crippen MR) is 87.3 cm³/mol. The van der Waals surface area contributed by atoms with E-state index >= 15 is 0 Å². The Balaban J connectivity index is 2.02. The van der Waals surface area contributed by atoms with Gasteiger partial charge in [0.1, 0.15) is 16.5 Å². The molecule has 1 heterocycles. The van der Waals surface area contributed by atoms with Crippen molar-refractivity contribution in [3.05, 3.63) is 39.3 Å². The lowest BCUT2D eigenvalue weighted by Crippen LogP contribution is -2.30. The number of nitrogens with zero attached hydrogens (tertiary/aromatic N) is 1. The van der Waals surface area contributed by atoms with Crippen LogP contribution in [0.1, 0.15) is 24.3 Å². The van der Waals surface area contributed by atoms with Gasteiger partial charge < -0.3 is 4.74 Å². The van der Waals surface area contributed by atoms with E-state index in [4.69, 9.17) is 27.9 Å². The van der Waals surface area contributed by atoms with Gasteiger partial charge in [0.25, 0.3) is 5.91 Å². The molecule has 8 heteroatoms. The Labute approximate surface area is 141 Å². The molecule has 1 aromatic carbocycles. The molecule has 0 radical (unpaired) electrons. The highest BCUT2D eigenvalue weighted by atomic mass is 35.5. The second kappa shape index (κ2) is 7.09. The molecule has 1 amide bonds. The number of Topliss-reactive ketones (excluding diaryl/α,β-unsaturated/α-hetero) is 1. The molecule has 1 aromatic heterocycles. The summed E-state index contributed by atoms with van der Waals surface area (Å²) in [6.45, 7) is 2.99. The highest BCUT2D eigenvalue weighted by molar-refractivity contribution is 7.14. The van der Waals surface area contributed by atoms with Crippen LogP contribution in [-0.4, -0.2) is 22.8 Å². The van der Waals surface area contributed by atoms with E-state index < -0.39 is 12.0 Å². The Hall–Kier alpha value is -1.63. The average Bonchev–Trinajstić information content (AvgIpc) is 2.92. The molecule has 1 N–H and O–H groups in total. The summed E-state index contributed by atoms with van der Waals surface area (Å²) < 4.78 is 5.50. The fourth-order valence-corrected chi connectivity index (χ4v) is 2.61. The van der Waals surface area contributed by atoms with Gasteiger partial charge in [-0.2, -0.15) is 0 Å². The Morgan fingerprint density at radius 2 is 2.09 bits per heavy atom. The first kappa shape index (κ1) is 16.7. The third-order valence-corrected chi connectivity index (χ3v) is 4.24. The second-order valence-electron chi connectivity index (χ2n) is 4.40. The van der Waals surface area contributed by atoms with E-state index in [1.165, 1.54) is 18.3 Å². The number of ether oxygens (including phenoxy) is 1. The van der Waals surface area contributed by atoms with E-state index in [2.05, 4.69) is 10.3 Å². The summed E-state index contributed by atoms with van der Waals surface area (Å²) in [6.07, 6.45) is -0.805. The van der Waals surface area contributed by atoms with Crippen molar-refractivity contribution in [1.82, 2.24) is 4.98 Å². The Bertz CT molecular complexity index is 718. The SMILES string of the molecule is CC(=O)c1csc(NC(=O)C(C)Oc2cccc(Cl)c2Cl)n1. The summed E-state index contributed by atoms with van der Waals surface area (Å²) in [6, 6.07) is 4.92. The number of amides is 1. The van der Waals surface area contributed by atoms with Crippen molar-refractivity contribution in [2.24, 2.45) is 0 Å². The summed E-state index contributed by atoms with van der Waals surface area (Å²) in [5, 5.41) is 5.10. The van der Waals surface area contributed by atoms with Crippen molar-refractivity contribution < 1.29 is 14.3 Å². The number of aromatic nitrogens is 1. The molecule has 2 aromatic rings. The molecule has 2 rings (SSSR count). The molecular weight excluding hydrogens is 347 g/mol. The van der Waals surface area contributed by atoms with Gasteiger partial charge >= 0.3 is 0 Å². The van der Waals surface area contributed by atoms with Gasteiger partial charge in [0, 0.05) is 12.3 Å². The van der Waals surface area contributed by atoms with Crippen LogP contribution in [0.4, 0.5) is 5.13 Å². The molecule has 0 saturated carbocycles. The molecule has 0 aliphatic rings. The highest BCUT2D eigenvalue weighted by Crippen LogP contribution is 2.32. The summed E-state index contributed by atoms with van der Waals surface area (Å²) >= 11 is 13.1. The first-order valence-corrected chi connectivity index (χ1v) is 7.90. The third-order valence-electron chi connectivity index (χ3n) is 2.68. The number of benzene rings is 1. The minimum absolute atomic E-state index is 0.160. The van der Waals surface area contributed by atoms with Crippen molar-refractivity contribution in [2.75, 3.05) is 5.32 Å². The van der Waals surface area contributed by atoms with Crippen molar-refractivity contribution in [3.63, 3.8) is 0 Å². The number of halogens is 2. The smallest absolute Gasteiger partial charge is 0.266 e. The van der Waals surface area contributed by atoms with Gasteiger partial charge in [0.05, 0.1) is 5.02 Å². The molecule has 0 aliphatic carbocycles. The van der Waals surface area contributed by atoms with E-state index in [0.717, 1.165) is 0 Å². The molecule has 116 valence electrons. The minimum atomic E-state index is -0.805. The second-order valence-corrected chi connectivity index (χ2v) is 6.04. The summed E-state index contributed by atoms with van der Waals surface area (Å²) in [5.74, 6) is -0.243. The van der Waals surface area contributed by atoms with E-state index in [0.29, 0.717) is 21.6 Å². The van der Waals surface area contributed by atoms with Gasteiger partial charge in [-0.05, 0) is 19.1 Å². The first-order chi connectivity index (χ1) is 10.4. The van der Waals surface area contributed by atoms with Crippen molar-refractivity contribution in [1.29, 1.82) is 0 Å². The zero-order chi connectivity index (χ0) is 16.3. The normalized spacial score (nSPS) is 11.8. The quantitative estimate of drug-likeness (QED) is 0.818. The van der Waals surface area contributed by atoms with Crippen molar-refractivity contribution in [2.45, 2.75) is 20.0 Å². The van der Waals surface area contributed by atoms with E-state index in [-0.39, 0.29) is 10.8 Å². The van der Waals surface area contributed by atoms with Crippen LogP contribution in [-0.2, 0) is 4.79 Å². The summed E-state index contributed by atoms with van der Waals surface area (Å²) in [5.41, 5.74) is 0.312. The maximum atomic E-state index is 12.1. The Morgan fingerprint density at radius 1 is 1.36 bits per heavy atom. The monoisotopic (exact) mass is 358 g/mol. The van der Waals surface area contributed by atoms with Crippen LogP contribution in [0.2, 0.25) is 10.0 Å². The standard InChI is InChI=1S/C14H12Cl2N2O3S/c1-7(19)10-6-22-14(17-10)18-13(20)8(2)21-11-5-3-4-9(15)12(11)16/h3-6,8H,1-2H3,(H,17,18,20).